The highest BCUT2D eigenvalue weighted by Gasteiger charge is 2.43. The van der Waals surface area contributed by atoms with Crippen LogP contribution in [0.2, 0.25) is 0 Å². The maximum Gasteiger partial charge on any atom is 0.147 e. The van der Waals surface area contributed by atoms with Crippen LogP contribution in [0.1, 0.15) is 9.75 Å². The van der Waals surface area contributed by atoms with Crippen molar-refractivity contribution in [3.63, 3.8) is 0 Å². The predicted molar refractivity (Wildman–Crippen MR) is 121 cm³/mol. The molecule has 10 unspecified atom stereocenters. The molecule has 10 nitrogen and oxygen atoms in total. The summed E-state index contributed by atoms with van der Waals surface area (Å²) in [5, 5.41) is 79.0. The Morgan fingerprint density at radius 1 is 0.647 bits per heavy atom. The van der Waals surface area contributed by atoms with Gasteiger partial charge < -0.3 is 50.3 Å². The van der Waals surface area contributed by atoms with Gasteiger partial charge in [-0.2, -0.15) is 0 Å². The van der Waals surface area contributed by atoms with Crippen LogP contribution in [0.15, 0.2) is 12.1 Å². The summed E-state index contributed by atoms with van der Waals surface area (Å²) >= 11 is 2.75. The molecule has 34 heavy (non-hydrogen) atoms. The molecule has 0 bridgehead atoms. The van der Waals surface area contributed by atoms with Crippen LogP contribution in [0.25, 0.3) is 9.40 Å². The standard InChI is InChI=1S/C22H24O10S2/c23-7-14-18(27)20(29)16(25)12(31-14)3-1-10-5-9-6-11(34-22(9)33-10)2-4-13-17(26)21(30)19(28)15(8-24)32-13/h5-6,12-21,23-30H,7-8H2. The van der Waals surface area contributed by atoms with E-state index in [1.165, 1.54) is 22.7 Å². The number of thiophene rings is 2. The molecule has 4 heterocycles. The molecule has 184 valence electrons. The summed E-state index contributed by atoms with van der Waals surface area (Å²) in [6, 6.07) is 3.62. The normalized spacial score (nSPS) is 38.1. The Balaban J connectivity index is 1.47. The van der Waals surface area contributed by atoms with Gasteiger partial charge in [0.2, 0.25) is 0 Å². The van der Waals surface area contributed by atoms with Gasteiger partial charge in [-0.3, -0.25) is 0 Å². The van der Waals surface area contributed by atoms with Crippen molar-refractivity contribution < 1.29 is 50.3 Å². The summed E-state index contributed by atoms with van der Waals surface area (Å²) < 4.78 is 11.7. The number of rotatable bonds is 2. The molecule has 4 rings (SSSR count). The van der Waals surface area contributed by atoms with Gasteiger partial charge in [-0.1, -0.05) is 23.7 Å². The zero-order chi connectivity index (χ0) is 24.6. The molecule has 10 atom stereocenters. The lowest BCUT2D eigenvalue weighted by molar-refractivity contribution is -0.214. The van der Waals surface area contributed by atoms with Crippen molar-refractivity contribution in [1.82, 2.24) is 0 Å². The van der Waals surface area contributed by atoms with Gasteiger partial charge in [-0.15, -0.1) is 22.7 Å². The predicted octanol–water partition coefficient (Wildman–Crippen LogP) is -2.65. The fourth-order valence-electron chi connectivity index (χ4n) is 3.69. The molecule has 0 radical (unpaired) electrons. The quantitative estimate of drug-likeness (QED) is 0.198. The lowest BCUT2D eigenvalue weighted by Crippen LogP contribution is -2.58. The fraction of sp³-hybridized carbons (Fsp3) is 0.545. The maximum atomic E-state index is 10.1. The molecule has 0 amide bonds. The van der Waals surface area contributed by atoms with E-state index < -0.39 is 74.3 Å². The molecule has 2 aliphatic heterocycles. The molecule has 2 aliphatic rings. The van der Waals surface area contributed by atoms with E-state index in [9.17, 15) is 40.9 Å². The van der Waals surface area contributed by atoms with Crippen molar-refractivity contribution in [2.75, 3.05) is 13.2 Å². The molecule has 0 spiro atoms. The summed E-state index contributed by atoms with van der Waals surface area (Å²) in [7, 11) is 0. The molecule has 12 heteroatoms. The Morgan fingerprint density at radius 3 is 1.41 bits per heavy atom. The van der Waals surface area contributed by atoms with E-state index in [0.717, 1.165) is 9.40 Å². The van der Waals surface area contributed by atoms with Crippen molar-refractivity contribution in [1.29, 1.82) is 0 Å². The first-order valence-corrected chi connectivity index (χ1v) is 12.0. The third-order valence-corrected chi connectivity index (χ3v) is 7.90. The zero-order valence-corrected chi connectivity index (χ0v) is 19.2. The van der Waals surface area contributed by atoms with Gasteiger partial charge in [0.05, 0.1) is 27.0 Å². The third-order valence-electron chi connectivity index (χ3n) is 5.67. The Kier molecular flexibility index (Phi) is 7.91. The average Bonchev–Trinajstić information content (AvgIpc) is 3.38. The SMILES string of the molecule is OCC1OC(C#Cc2cc3cc(C#CC4OC(CO)C(O)C(O)C4O)sc3s2)C(O)C(O)C1O. The van der Waals surface area contributed by atoms with Crippen LogP contribution in [-0.2, 0) is 9.47 Å². The summed E-state index contributed by atoms with van der Waals surface area (Å²) in [5.41, 5.74) is 0. The number of aliphatic hydroxyl groups excluding tert-OH is 8. The Hall–Kier alpha value is -1.62. The Morgan fingerprint density at radius 2 is 1.06 bits per heavy atom. The van der Waals surface area contributed by atoms with E-state index >= 15 is 0 Å². The van der Waals surface area contributed by atoms with Gasteiger partial charge in [0.25, 0.3) is 0 Å². The van der Waals surface area contributed by atoms with Gasteiger partial charge in [0.1, 0.15) is 61.0 Å². The molecule has 2 fully saturated rings. The topological polar surface area (TPSA) is 180 Å². The van der Waals surface area contributed by atoms with Gasteiger partial charge in [-0.25, -0.2) is 0 Å². The molecule has 0 saturated carbocycles. The maximum absolute atomic E-state index is 10.1. The number of hydrogen-bond acceptors (Lipinski definition) is 12. The number of aliphatic hydroxyl groups is 8. The summed E-state index contributed by atoms with van der Waals surface area (Å²) in [6.07, 6.45) is -12.9. The number of ether oxygens (including phenoxy) is 2. The summed E-state index contributed by atoms with van der Waals surface area (Å²) in [6.45, 7) is -1.05. The molecule has 0 aromatic carbocycles. The molecular weight excluding hydrogens is 488 g/mol. The molecule has 2 aromatic heterocycles. The van der Waals surface area contributed by atoms with Crippen molar-refractivity contribution in [2.45, 2.75) is 61.0 Å². The highest BCUT2D eigenvalue weighted by atomic mass is 32.2. The highest BCUT2D eigenvalue weighted by molar-refractivity contribution is 7.38. The van der Waals surface area contributed by atoms with E-state index in [-0.39, 0.29) is 0 Å². The van der Waals surface area contributed by atoms with Gasteiger partial charge >= 0.3 is 0 Å². The lowest BCUT2D eigenvalue weighted by Gasteiger charge is -2.37. The van der Waals surface area contributed by atoms with Crippen molar-refractivity contribution >= 4 is 32.1 Å². The minimum atomic E-state index is -1.48. The van der Waals surface area contributed by atoms with Crippen LogP contribution in [0.3, 0.4) is 0 Å². The average molecular weight is 513 g/mol. The number of fused-ring (bicyclic) bond motifs is 1. The summed E-state index contributed by atoms with van der Waals surface area (Å²) in [5.74, 6) is 11.2. The Labute approximate surface area is 202 Å². The molecule has 8 N–H and O–H groups in total. The van der Waals surface area contributed by atoms with Crippen LogP contribution in [0.5, 0.6) is 0 Å². The summed E-state index contributed by atoms with van der Waals surface area (Å²) in [4.78, 5) is 1.35. The van der Waals surface area contributed by atoms with Gasteiger partial charge in [0.15, 0.2) is 0 Å². The third kappa shape index (κ3) is 5.01. The van der Waals surface area contributed by atoms with E-state index in [0.29, 0.717) is 9.75 Å². The zero-order valence-electron chi connectivity index (χ0n) is 17.6. The fourth-order valence-corrected chi connectivity index (χ4v) is 5.86. The monoisotopic (exact) mass is 512 g/mol. The first-order valence-electron chi connectivity index (χ1n) is 10.4. The van der Waals surface area contributed by atoms with Gasteiger partial charge in [0, 0.05) is 5.39 Å². The Bertz CT molecular complexity index is 1000. The van der Waals surface area contributed by atoms with Crippen molar-refractivity contribution in [3.8, 4) is 23.7 Å². The first kappa shape index (κ1) is 25.5. The first-order chi connectivity index (χ1) is 16.2. The highest BCUT2D eigenvalue weighted by Crippen LogP contribution is 2.33. The van der Waals surface area contributed by atoms with Crippen LogP contribution >= 0.6 is 22.7 Å². The molecule has 2 saturated heterocycles. The van der Waals surface area contributed by atoms with Gasteiger partial charge in [-0.05, 0) is 12.1 Å². The van der Waals surface area contributed by atoms with Crippen LogP contribution < -0.4 is 0 Å². The van der Waals surface area contributed by atoms with E-state index in [1.807, 2.05) is 12.1 Å². The largest absolute Gasteiger partial charge is 0.394 e. The van der Waals surface area contributed by atoms with E-state index in [1.54, 1.807) is 0 Å². The van der Waals surface area contributed by atoms with Crippen molar-refractivity contribution in [2.24, 2.45) is 0 Å². The van der Waals surface area contributed by atoms with Crippen molar-refractivity contribution in [3.05, 3.63) is 21.9 Å². The van der Waals surface area contributed by atoms with Crippen LogP contribution in [0, 0.1) is 23.7 Å². The minimum Gasteiger partial charge on any atom is -0.394 e. The van der Waals surface area contributed by atoms with E-state index in [2.05, 4.69) is 23.7 Å². The smallest absolute Gasteiger partial charge is 0.147 e. The second-order valence-electron chi connectivity index (χ2n) is 8.00. The second kappa shape index (κ2) is 10.6. The molecule has 2 aromatic rings. The molecular formula is C22H24O10S2. The minimum absolute atomic E-state index is 0.523. The van der Waals surface area contributed by atoms with Crippen LogP contribution in [-0.4, -0.2) is 115 Å². The molecule has 0 aliphatic carbocycles. The van der Waals surface area contributed by atoms with Crippen LogP contribution in [0.4, 0.5) is 0 Å². The number of hydrogen-bond donors (Lipinski definition) is 8. The second-order valence-corrected chi connectivity index (χ2v) is 10.4. The lowest BCUT2D eigenvalue weighted by atomic mass is 9.95. The van der Waals surface area contributed by atoms with E-state index in [4.69, 9.17) is 9.47 Å².